The molecule has 1 saturated heterocycles. The highest BCUT2D eigenvalue weighted by atomic mass is 35.5. The van der Waals surface area contributed by atoms with Crippen LogP contribution < -0.4 is 5.32 Å². The highest BCUT2D eigenvalue weighted by molar-refractivity contribution is 7.12. The predicted molar refractivity (Wildman–Crippen MR) is 106 cm³/mol. The van der Waals surface area contributed by atoms with Crippen LogP contribution in [0.25, 0.3) is 0 Å². The molecule has 0 saturated carbocycles. The molecule has 1 N–H and O–H groups in total. The average molecular weight is 412 g/mol. The number of hydrogen-bond acceptors (Lipinski definition) is 4. The van der Waals surface area contributed by atoms with E-state index in [0.717, 1.165) is 4.88 Å². The van der Waals surface area contributed by atoms with Crippen molar-refractivity contribution in [2.75, 3.05) is 31.5 Å². The van der Waals surface area contributed by atoms with Gasteiger partial charge in [-0.3, -0.25) is 14.5 Å². The maximum Gasteiger partial charge on any atom is 0.264 e. The number of thiophene rings is 1. The molecule has 2 heterocycles. The molecule has 1 fully saturated rings. The van der Waals surface area contributed by atoms with Gasteiger partial charge in [-0.1, -0.05) is 29.3 Å². The van der Waals surface area contributed by atoms with E-state index in [0.29, 0.717) is 41.9 Å². The molecule has 8 heteroatoms. The number of rotatable bonds is 4. The lowest BCUT2D eigenvalue weighted by Crippen LogP contribution is -2.53. The Labute approximate surface area is 166 Å². The van der Waals surface area contributed by atoms with Crippen molar-refractivity contribution in [1.29, 1.82) is 0 Å². The van der Waals surface area contributed by atoms with Crippen molar-refractivity contribution < 1.29 is 9.59 Å². The Kier molecular flexibility index (Phi) is 6.19. The Morgan fingerprint density at radius 3 is 2.54 bits per heavy atom. The summed E-state index contributed by atoms with van der Waals surface area (Å²) in [6, 6.07) is 8.34. The number of halogens is 2. The largest absolute Gasteiger partial charge is 0.335 e. The first-order chi connectivity index (χ1) is 12.5. The Morgan fingerprint density at radius 1 is 1.15 bits per heavy atom. The molecule has 26 heavy (non-hydrogen) atoms. The quantitative estimate of drug-likeness (QED) is 0.831. The summed E-state index contributed by atoms with van der Waals surface area (Å²) < 4.78 is 0. The highest BCUT2D eigenvalue weighted by Gasteiger charge is 2.28. The van der Waals surface area contributed by atoms with Crippen LogP contribution in [0.3, 0.4) is 0 Å². The number of hydrogen-bond donors (Lipinski definition) is 1. The lowest BCUT2D eigenvalue weighted by atomic mass is 10.2. The Bertz CT molecular complexity index is 790. The molecule has 3 rings (SSSR count). The van der Waals surface area contributed by atoms with Crippen LogP contribution in [0.4, 0.5) is 5.69 Å². The molecule has 1 atom stereocenters. The van der Waals surface area contributed by atoms with Gasteiger partial charge in [-0.05, 0) is 36.6 Å². The zero-order valence-corrected chi connectivity index (χ0v) is 16.6. The minimum Gasteiger partial charge on any atom is -0.335 e. The number of benzene rings is 1. The van der Waals surface area contributed by atoms with Gasteiger partial charge < -0.3 is 10.2 Å². The summed E-state index contributed by atoms with van der Waals surface area (Å²) in [7, 11) is 0. The van der Waals surface area contributed by atoms with Crippen LogP contribution in [0.5, 0.6) is 0 Å². The first kappa shape index (κ1) is 19.2. The van der Waals surface area contributed by atoms with E-state index in [-0.39, 0.29) is 17.9 Å². The van der Waals surface area contributed by atoms with E-state index in [1.165, 1.54) is 11.3 Å². The molecule has 0 unspecified atom stereocenters. The van der Waals surface area contributed by atoms with E-state index in [1.807, 2.05) is 29.3 Å². The number of carbonyl (C=O) groups excluding carboxylic acids is 2. The highest BCUT2D eigenvalue weighted by Crippen LogP contribution is 2.26. The normalized spacial score (nSPS) is 16.3. The van der Waals surface area contributed by atoms with Crippen molar-refractivity contribution >= 4 is 52.0 Å². The second kappa shape index (κ2) is 8.39. The molecule has 2 aromatic rings. The van der Waals surface area contributed by atoms with Gasteiger partial charge in [0.1, 0.15) is 0 Å². The third-order valence-corrected chi connectivity index (χ3v) is 5.87. The Morgan fingerprint density at radius 2 is 1.88 bits per heavy atom. The van der Waals surface area contributed by atoms with Crippen LogP contribution in [0.15, 0.2) is 35.7 Å². The van der Waals surface area contributed by atoms with E-state index < -0.39 is 0 Å². The third-order valence-electron chi connectivity index (χ3n) is 4.45. The van der Waals surface area contributed by atoms with Gasteiger partial charge in [-0.25, -0.2) is 0 Å². The van der Waals surface area contributed by atoms with E-state index in [1.54, 1.807) is 18.2 Å². The average Bonchev–Trinajstić information content (AvgIpc) is 3.18. The summed E-state index contributed by atoms with van der Waals surface area (Å²) >= 11 is 13.5. The van der Waals surface area contributed by atoms with Crippen molar-refractivity contribution in [3.05, 3.63) is 50.6 Å². The van der Waals surface area contributed by atoms with Crippen molar-refractivity contribution in [1.82, 2.24) is 9.80 Å². The van der Waals surface area contributed by atoms with Crippen molar-refractivity contribution in [3.8, 4) is 0 Å². The van der Waals surface area contributed by atoms with Gasteiger partial charge in [0.2, 0.25) is 5.91 Å². The van der Waals surface area contributed by atoms with Crippen LogP contribution in [0, 0.1) is 0 Å². The van der Waals surface area contributed by atoms with Crippen LogP contribution in [0.2, 0.25) is 10.0 Å². The number of nitrogens with one attached hydrogen (secondary N) is 1. The molecule has 0 spiro atoms. The lowest BCUT2D eigenvalue weighted by molar-refractivity contribution is -0.121. The van der Waals surface area contributed by atoms with Gasteiger partial charge >= 0.3 is 0 Å². The second-order valence-corrected chi connectivity index (χ2v) is 7.89. The monoisotopic (exact) mass is 411 g/mol. The Hall–Kier alpha value is -1.60. The molecule has 0 aliphatic carbocycles. The maximum atomic E-state index is 12.5. The fourth-order valence-electron chi connectivity index (χ4n) is 2.86. The zero-order valence-electron chi connectivity index (χ0n) is 14.2. The number of amides is 2. The second-order valence-electron chi connectivity index (χ2n) is 6.09. The zero-order chi connectivity index (χ0) is 18.7. The first-order valence-corrected chi connectivity index (χ1v) is 9.92. The Balaban J connectivity index is 1.56. The predicted octanol–water partition coefficient (Wildman–Crippen LogP) is 3.84. The van der Waals surface area contributed by atoms with Gasteiger partial charge in [0.25, 0.3) is 5.91 Å². The molecule has 5 nitrogen and oxygen atoms in total. The summed E-state index contributed by atoms with van der Waals surface area (Å²) in [5.41, 5.74) is 0.502. The number of anilines is 1. The minimum absolute atomic E-state index is 0.0578. The summed E-state index contributed by atoms with van der Waals surface area (Å²) in [4.78, 5) is 29.6. The SMILES string of the molecule is C[C@H](C(=O)Nc1cc(Cl)ccc1Cl)N1CCN(C(=O)c2cccs2)CC1. The van der Waals surface area contributed by atoms with E-state index in [2.05, 4.69) is 10.2 Å². The third kappa shape index (κ3) is 4.38. The molecular weight excluding hydrogens is 393 g/mol. The number of carbonyl (C=O) groups is 2. The maximum absolute atomic E-state index is 12.5. The lowest BCUT2D eigenvalue weighted by Gasteiger charge is -2.37. The summed E-state index contributed by atoms with van der Waals surface area (Å²) in [6.45, 7) is 4.35. The molecule has 0 bridgehead atoms. The van der Waals surface area contributed by atoms with Crippen LogP contribution in [-0.2, 0) is 4.79 Å². The van der Waals surface area contributed by atoms with Crippen LogP contribution >= 0.6 is 34.5 Å². The fourth-order valence-corrected chi connectivity index (χ4v) is 3.89. The molecule has 138 valence electrons. The fraction of sp³-hybridized carbons (Fsp3) is 0.333. The molecule has 1 aromatic carbocycles. The van der Waals surface area contributed by atoms with Gasteiger partial charge in [0.05, 0.1) is 21.6 Å². The molecule has 1 aromatic heterocycles. The van der Waals surface area contributed by atoms with Gasteiger partial charge in [0, 0.05) is 31.2 Å². The van der Waals surface area contributed by atoms with Crippen molar-refractivity contribution in [2.24, 2.45) is 0 Å². The van der Waals surface area contributed by atoms with Crippen molar-refractivity contribution in [3.63, 3.8) is 0 Å². The van der Waals surface area contributed by atoms with Gasteiger partial charge in [0.15, 0.2) is 0 Å². The van der Waals surface area contributed by atoms with Gasteiger partial charge in [-0.15, -0.1) is 11.3 Å². The molecule has 2 amide bonds. The van der Waals surface area contributed by atoms with E-state index in [9.17, 15) is 9.59 Å². The van der Waals surface area contributed by atoms with Crippen LogP contribution in [-0.4, -0.2) is 53.8 Å². The number of piperazine rings is 1. The summed E-state index contributed by atoms with van der Waals surface area (Å²) in [6.07, 6.45) is 0. The first-order valence-electron chi connectivity index (χ1n) is 8.28. The van der Waals surface area contributed by atoms with E-state index >= 15 is 0 Å². The molecule has 1 aliphatic rings. The smallest absolute Gasteiger partial charge is 0.264 e. The molecule has 0 radical (unpaired) electrons. The van der Waals surface area contributed by atoms with Gasteiger partial charge in [-0.2, -0.15) is 0 Å². The molecular formula is C18H19Cl2N3O2S. The standard InChI is InChI=1S/C18H19Cl2N3O2S/c1-12(17(24)21-15-11-13(19)4-5-14(15)20)22-6-8-23(9-7-22)18(25)16-3-2-10-26-16/h2-5,10-12H,6-9H2,1H3,(H,21,24)/t12-/m1/s1. The van der Waals surface area contributed by atoms with E-state index in [4.69, 9.17) is 23.2 Å². The number of nitrogens with zero attached hydrogens (tertiary/aromatic N) is 2. The minimum atomic E-state index is -0.330. The summed E-state index contributed by atoms with van der Waals surface area (Å²) in [5.74, 6) is -0.0883. The van der Waals surface area contributed by atoms with Crippen LogP contribution in [0.1, 0.15) is 16.6 Å². The topological polar surface area (TPSA) is 52.7 Å². The molecule has 1 aliphatic heterocycles. The van der Waals surface area contributed by atoms with Crippen molar-refractivity contribution in [2.45, 2.75) is 13.0 Å². The summed E-state index contributed by atoms with van der Waals surface area (Å²) in [5, 5.41) is 5.69.